The maximum Gasteiger partial charge on any atom is 0.337 e. The van der Waals surface area contributed by atoms with E-state index in [0.717, 1.165) is 22.9 Å². The summed E-state index contributed by atoms with van der Waals surface area (Å²) in [5, 5.41) is 9.70. The second-order valence-corrected chi connectivity index (χ2v) is 3.24. The minimum absolute atomic E-state index is 0.343. The zero-order valence-electron chi connectivity index (χ0n) is 7.87. The van der Waals surface area contributed by atoms with Crippen LogP contribution in [0.4, 0.5) is 0 Å². The summed E-state index contributed by atoms with van der Waals surface area (Å²) in [7, 11) is 0. The van der Waals surface area contributed by atoms with Crippen molar-refractivity contribution in [3.8, 4) is 0 Å². The van der Waals surface area contributed by atoms with Crippen molar-refractivity contribution in [2.24, 2.45) is 0 Å². The van der Waals surface area contributed by atoms with Crippen LogP contribution in [0.25, 0.3) is 10.9 Å². The first-order valence-corrected chi connectivity index (χ1v) is 4.55. The third-order valence-corrected chi connectivity index (χ3v) is 2.38. The largest absolute Gasteiger partial charge is 0.478 e. The number of hydrogen-bond acceptors (Lipinski definition) is 1. The Hall–Kier alpha value is -1.77. The third-order valence-electron chi connectivity index (χ3n) is 2.38. The highest BCUT2D eigenvalue weighted by molar-refractivity contribution is 6.03. The molecule has 0 aliphatic heterocycles. The Morgan fingerprint density at radius 3 is 2.93 bits per heavy atom. The number of carboxylic acid groups (broad SMARTS) is 1. The SMILES string of the molecule is CCc1ccc2[nH]cc(C(=O)O)c2c1. The van der Waals surface area contributed by atoms with Gasteiger partial charge in [-0.25, -0.2) is 4.79 Å². The quantitative estimate of drug-likeness (QED) is 0.762. The van der Waals surface area contributed by atoms with Crippen LogP contribution < -0.4 is 0 Å². The number of benzene rings is 1. The Balaban J connectivity index is 2.69. The standard InChI is InChI=1S/C11H11NO2/c1-2-7-3-4-10-8(5-7)9(6-12-10)11(13)14/h3-6,12H,2H2,1H3,(H,13,14). The molecule has 0 aliphatic carbocycles. The van der Waals surface area contributed by atoms with Crippen molar-refractivity contribution in [3.05, 3.63) is 35.5 Å². The number of carboxylic acids is 1. The van der Waals surface area contributed by atoms with Gasteiger partial charge in [0.05, 0.1) is 5.56 Å². The summed E-state index contributed by atoms with van der Waals surface area (Å²) in [6.45, 7) is 2.05. The zero-order valence-corrected chi connectivity index (χ0v) is 7.87. The molecule has 1 aromatic carbocycles. The van der Waals surface area contributed by atoms with Gasteiger partial charge in [-0.05, 0) is 24.1 Å². The molecule has 0 atom stereocenters. The first-order chi connectivity index (χ1) is 6.72. The summed E-state index contributed by atoms with van der Waals surface area (Å²) in [6, 6.07) is 5.85. The number of fused-ring (bicyclic) bond motifs is 1. The van der Waals surface area contributed by atoms with Crippen molar-refractivity contribution >= 4 is 16.9 Å². The van der Waals surface area contributed by atoms with E-state index in [2.05, 4.69) is 4.98 Å². The van der Waals surface area contributed by atoms with Gasteiger partial charge in [-0.2, -0.15) is 0 Å². The number of aromatic nitrogens is 1. The molecule has 0 radical (unpaired) electrons. The first-order valence-electron chi connectivity index (χ1n) is 4.55. The summed E-state index contributed by atoms with van der Waals surface area (Å²) in [6.07, 6.45) is 2.45. The van der Waals surface area contributed by atoms with Gasteiger partial charge >= 0.3 is 5.97 Å². The number of aromatic amines is 1. The molecular weight excluding hydrogens is 178 g/mol. The Labute approximate surface area is 81.4 Å². The number of nitrogens with one attached hydrogen (secondary N) is 1. The molecule has 0 unspecified atom stereocenters. The van der Waals surface area contributed by atoms with Crippen LogP contribution in [0.15, 0.2) is 24.4 Å². The van der Waals surface area contributed by atoms with E-state index in [9.17, 15) is 4.79 Å². The van der Waals surface area contributed by atoms with Gasteiger partial charge in [-0.15, -0.1) is 0 Å². The first kappa shape index (κ1) is 8.81. The van der Waals surface area contributed by atoms with E-state index in [1.807, 2.05) is 25.1 Å². The normalized spacial score (nSPS) is 10.6. The van der Waals surface area contributed by atoms with E-state index in [1.165, 1.54) is 6.20 Å². The van der Waals surface area contributed by atoms with E-state index in [-0.39, 0.29) is 0 Å². The highest BCUT2D eigenvalue weighted by atomic mass is 16.4. The van der Waals surface area contributed by atoms with Gasteiger partial charge in [0.2, 0.25) is 0 Å². The molecule has 0 saturated carbocycles. The minimum Gasteiger partial charge on any atom is -0.478 e. The predicted molar refractivity (Wildman–Crippen MR) is 54.6 cm³/mol. The monoisotopic (exact) mass is 189 g/mol. The highest BCUT2D eigenvalue weighted by Crippen LogP contribution is 2.19. The Morgan fingerprint density at radius 1 is 1.50 bits per heavy atom. The molecule has 1 heterocycles. The predicted octanol–water partition coefficient (Wildman–Crippen LogP) is 2.43. The molecule has 2 N–H and O–H groups in total. The van der Waals surface area contributed by atoms with Crippen LogP contribution in [0, 0.1) is 0 Å². The fourth-order valence-electron chi connectivity index (χ4n) is 1.56. The number of aryl methyl sites for hydroxylation is 1. The molecule has 0 saturated heterocycles. The van der Waals surface area contributed by atoms with Gasteiger partial charge in [0.25, 0.3) is 0 Å². The number of aromatic carboxylic acids is 1. The molecule has 3 heteroatoms. The smallest absolute Gasteiger partial charge is 0.337 e. The Kier molecular flexibility index (Phi) is 2.00. The molecule has 3 nitrogen and oxygen atoms in total. The van der Waals surface area contributed by atoms with Crippen LogP contribution >= 0.6 is 0 Å². The lowest BCUT2D eigenvalue weighted by molar-refractivity contribution is 0.0699. The van der Waals surface area contributed by atoms with Gasteiger partial charge in [0.15, 0.2) is 0 Å². The molecule has 0 bridgehead atoms. The lowest BCUT2D eigenvalue weighted by Crippen LogP contribution is -1.93. The lowest BCUT2D eigenvalue weighted by atomic mass is 10.1. The average molecular weight is 189 g/mol. The third kappa shape index (κ3) is 1.27. The topological polar surface area (TPSA) is 53.1 Å². The molecule has 1 aromatic heterocycles. The highest BCUT2D eigenvalue weighted by Gasteiger charge is 2.09. The summed E-state index contributed by atoms with van der Waals surface area (Å²) in [5.74, 6) is -0.885. The molecule has 2 rings (SSSR count). The molecule has 0 spiro atoms. The van der Waals surface area contributed by atoms with E-state index in [1.54, 1.807) is 0 Å². The molecular formula is C11H11NO2. The van der Waals surface area contributed by atoms with E-state index in [0.29, 0.717) is 5.56 Å². The van der Waals surface area contributed by atoms with Crippen LogP contribution in [0.2, 0.25) is 0 Å². The van der Waals surface area contributed by atoms with E-state index < -0.39 is 5.97 Å². The molecule has 0 amide bonds. The van der Waals surface area contributed by atoms with Crippen LogP contribution in [0.3, 0.4) is 0 Å². The summed E-state index contributed by atoms with van der Waals surface area (Å²) >= 11 is 0. The number of hydrogen-bond donors (Lipinski definition) is 2. The van der Waals surface area contributed by atoms with Crippen LogP contribution in [0.5, 0.6) is 0 Å². The maximum absolute atomic E-state index is 10.9. The maximum atomic E-state index is 10.9. The van der Waals surface area contributed by atoms with E-state index >= 15 is 0 Å². The number of rotatable bonds is 2. The minimum atomic E-state index is -0.885. The van der Waals surface area contributed by atoms with Crippen molar-refractivity contribution < 1.29 is 9.90 Å². The van der Waals surface area contributed by atoms with Crippen LogP contribution in [-0.2, 0) is 6.42 Å². The fourth-order valence-corrected chi connectivity index (χ4v) is 1.56. The van der Waals surface area contributed by atoms with Gasteiger partial charge in [0, 0.05) is 17.1 Å². The Bertz CT molecular complexity index is 485. The molecule has 2 aromatic rings. The molecule has 14 heavy (non-hydrogen) atoms. The number of carbonyl (C=O) groups is 1. The van der Waals surface area contributed by atoms with Gasteiger partial charge in [-0.3, -0.25) is 0 Å². The summed E-state index contributed by atoms with van der Waals surface area (Å²) in [4.78, 5) is 13.8. The molecule has 0 aliphatic rings. The van der Waals surface area contributed by atoms with Crippen molar-refractivity contribution in [2.45, 2.75) is 13.3 Å². The lowest BCUT2D eigenvalue weighted by Gasteiger charge is -1.97. The molecule has 0 fully saturated rings. The summed E-state index contributed by atoms with van der Waals surface area (Å²) in [5.41, 5.74) is 2.37. The second-order valence-electron chi connectivity index (χ2n) is 3.24. The van der Waals surface area contributed by atoms with Gasteiger partial charge < -0.3 is 10.1 Å². The van der Waals surface area contributed by atoms with Crippen molar-refractivity contribution in [2.75, 3.05) is 0 Å². The van der Waals surface area contributed by atoms with Crippen molar-refractivity contribution in [1.82, 2.24) is 4.98 Å². The zero-order chi connectivity index (χ0) is 10.1. The van der Waals surface area contributed by atoms with Crippen LogP contribution in [-0.4, -0.2) is 16.1 Å². The fraction of sp³-hybridized carbons (Fsp3) is 0.182. The molecule has 72 valence electrons. The van der Waals surface area contributed by atoms with Gasteiger partial charge in [0.1, 0.15) is 0 Å². The number of H-pyrrole nitrogens is 1. The van der Waals surface area contributed by atoms with Crippen molar-refractivity contribution in [3.63, 3.8) is 0 Å². The van der Waals surface area contributed by atoms with E-state index in [4.69, 9.17) is 5.11 Å². The summed E-state index contributed by atoms with van der Waals surface area (Å²) < 4.78 is 0. The second kappa shape index (κ2) is 3.18. The van der Waals surface area contributed by atoms with Crippen LogP contribution in [0.1, 0.15) is 22.8 Å². The van der Waals surface area contributed by atoms with Crippen molar-refractivity contribution in [1.29, 1.82) is 0 Å². The average Bonchev–Trinajstić information content (AvgIpc) is 2.59. The van der Waals surface area contributed by atoms with Gasteiger partial charge in [-0.1, -0.05) is 13.0 Å². The Morgan fingerprint density at radius 2 is 2.29 bits per heavy atom.